The van der Waals surface area contributed by atoms with E-state index in [0.717, 1.165) is 22.0 Å². The van der Waals surface area contributed by atoms with Gasteiger partial charge in [-0.3, -0.25) is 9.69 Å². The van der Waals surface area contributed by atoms with E-state index >= 15 is 0 Å². The summed E-state index contributed by atoms with van der Waals surface area (Å²) in [5, 5.41) is 10.7. The highest BCUT2D eigenvalue weighted by molar-refractivity contribution is 8.03. The first-order valence-corrected chi connectivity index (χ1v) is 10.7. The van der Waals surface area contributed by atoms with Crippen LogP contribution in [0.2, 0.25) is 0 Å². The maximum absolute atomic E-state index is 13.0. The van der Waals surface area contributed by atoms with Gasteiger partial charge in [-0.1, -0.05) is 41.6 Å². The third kappa shape index (κ3) is 3.83. The molecule has 1 saturated heterocycles. The molecule has 0 saturated carbocycles. The zero-order valence-electron chi connectivity index (χ0n) is 16.6. The number of fused-ring (bicyclic) bond motifs is 1. The first-order chi connectivity index (χ1) is 14.1. The average Bonchev–Trinajstić information content (AvgIpc) is 2.75. The number of nitriles is 1. The Morgan fingerprint density at radius 1 is 1.17 bits per heavy atom. The quantitative estimate of drug-likeness (QED) is 0.743. The van der Waals surface area contributed by atoms with Gasteiger partial charge in [0.05, 0.1) is 35.8 Å². The molecule has 2 aliphatic heterocycles. The van der Waals surface area contributed by atoms with Gasteiger partial charge >= 0.3 is 0 Å². The van der Waals surface area contributed by atoms with Crippen molar-refractivity contribution in [1.82, 2.24) is 4.90 Å². The molecule has 0 aromatic heterocycles. The molecule has 0 aliphatic carbocycles. The molecule has 6 heteroatoms. The Bertz CT molecular complexity index is 977. The maximum Gasteiger partial charge on any atom is 0.229 e. The van der Waals surface area contributed by atoms with E-state index in [4.69, 9.17) is 4.74 Å². The van der Waals surface area contributed by atoms with Gasteiger partial charge in [-0.05, 0) is 43.7 Å². The highest BCUT2D eigenvalue weighted by Gasteiger charge is 2.38. The Morgan fingerprint density at radius 2 is 1.90 bits per heavy atom. The number of nitrogens with zero attached hydrogens (tertiary/aromatic N) is 3. The highest BCUT2D eigenvalue weighted by Crippen LogP contribution is 2.43. The molecule has 0 N–H and O–H groups in total. The zero-order chi connectivity index (χ0) is 20.4. The fourth-order valence-corrected chi connectivity index (χ4v) is 4.90. The Labute approximate surface area is 175 Å². The third-order valence-electron chi connectivity index (χ3n) is 5.29. The van der Waals surface area contributed by atoms with Crippen molar-refractivity contribution in [3.8, 4) is 11.8 Å². The molecule has 1 amide bonds. The van der Waals surface area contributed by atoms with Gasteiger partial charge in [0.1, 0.15) is 5.75 Å². The summed E-state index contributed by atoms with van der Waals surface area (Å²) in [7, 11) is 0. The van der Waals surface area contributed by atoms with E-state index in [2.05, 4.69) is 11.0 Å². The van der Waals surface area contributed by atoms with Gasteiger partial charge in [0.15, 0.2) is 0 Å². The molecular formula is C23H23N3O2S. The van der Waals surface area contributed by atoms with Crippen molar-refractivity contribution in [2.45, 2.75) is 26.2 Å². The fraction of sp³-hybridized carbons (Fsp3) is 0.304. The van der Waals surface area contributed by atoms with Crippen LogP contribution in [0.1, 0.15) is 30.4 Å². The van der Waals surface area contributed by atoms with Crippen LogP contribution in [0.25, 0.3) is 0 Å². The van der Waals surface area contributed by atoms with Gasteiger partial charge in [-0.15, -0.1) is 0 Å². The summed E-state index contributed by atoms with van der Waals surface area (Å²) < 4.78 is 5.51. The van der Waals surface area contributed by atoms with Crippen LogP contribution in [0, 0.1) is 18.3 Å². The summed E-state index contributed by atoms with van der Waals surface area (Å²) >= 11 is 1.56. The smallest absolute Gasteiger partial charge is 0.229 e. The number of rotatable bonds is 4. The zero-order valence-corrected chi connectivity index (χ0v) is 17.4. The summed E-state index contributed by atoms with van der Waals surface area (Å²) in [6.07, 6.45) is 0.327. The van der Waals surface area contributed by atoms with E-state index in [-0.39, 0.29) is 11.8 Å². The topological polar surface area (TPSA) is 56.6 Å². The minimum absolute atomic E-state index is 0.0627. The highest BCUT2D eigenvalue weighted by atomic mass is 32.2. The summed E-state index contributed by atoms with van der Waals surface area (Å²) in [6.45, 7) is 5.09. The second-order valence-corrected chi connectivity index (χ2v) is 8.13. The molecule has 2 aliphatic rings. The predicted molar refractivity (Wildman–Crippen MR) is 115 cm³/mol. The molecule has 0 bridgehead atoms. The van der Waals surface area contributed by atoms with Crippen LogP contribution in [0.3, 0.4) is 0 Å². The number of hydrogen-bond donors (Lipinski definition) is 0. The second-order valence-electron chi connectivity index (χ2n) is 7.20. The van der Waals surface area contributed by atoms with E-state index < -0.39 is 0 Å². The number of benzene rings is 2. The van der Waals surface area contributed by atoms with E-state index in [9.17, 15) is 10.1 Å². The molecule has 1 atom stereocenters. The van der Waals surface area contributed by atoms with Gasteiger partial charge < -0.3 is 9.64 Å². The average molecular weight is 406 g/mol. The monoisotopic (exact) mass is 405 g/mol. The number of anilines is 1. The Morgan fingerprint density at radius 3 is 2.55 bits per heavy atom. The normalized spacial score (nSPS) is 19.1. The van der Waals surface area contributed by atoms with Crippen LogP contribution < -0.4 is 9.64 Å². The summed E-state index contributed by atoms with van der Waals surface area (Å²) in [6, 6.07) is 18.4. The van der Waals surface area contributed by atoms with Crippen LogP contribution in [-0.4, -0.2) is 30.0 Å². The van der Waals surface area contributed by atoms with Gasteiger partial charge in [0, 0.05) is 18.0 Å². The molecule has 2 heterocycles. The molecule has 4 rings (SSSR count). The Kier molecular flexibility index (Phi) is 5.50. The predicted octanol–water partition coefficient (Wildman–Crippen LogP) is 4.61. The van der Waals surface area contributed by atoms with E-state index in [1.807, 2.05) is 62.4 Å². The molecule has 2 aromatic rings. The van der Waals surface area contributed by atoms with Gasteiger partial charge in [0.25, 0.3) is 0 Å². The van der Waals surface area contributed by atoms with Crippen molar-refractivity contribution >= 4 is 23.4 Å². The standard InChI is InChI=1S/C23H23N3O2S/c1-3-28-19-10-8-18(9-11-19)25-14-26-22(27)12-20(17-6-4-16(2)5-7-17)21(13-24)23(26)29-15-25/h4-11,20H,3,12,14-15H2,1-2H3/t20-/m0/s1. The fourth-order valence-electron chi connectivity index (χ4n) is 3.73. The molecule has 29 heavy (non-hydrogen) atoms. The molecule has 0 spiro atoms. The molecule has 0 radical (unpaired) electrons. The van der Waals surface area contributed by atoms with Crippen molar-refractivity contribution in [2.24, 2.45) is 0 Å². The number of thioether (sulfide) groups is 1. The van der Waals surface area contributed by atoms with Crippen LogP contribution in [0.4, 0.5) is 5.69 Å². The lowest BCUT2D eigenvalue weighted by atomic mass is 9.86. The van der Waals surface area contributed by atoms with E-state index in [1.165, 1.54) is 5.56 Å². The molecule has 1 fully saturated rings. The summed E-state index contributed by atoms with van der Waals surface area (Å²) in [5.41, 5.74) is 3.93. The number of aryl methyl sites for hydroxylation is 1. The van der Waals surface area contributed by atoms with Crippen LogP contribution in [-0.2, 0) is 4.79 Å². The third-order valence-corrected chi connectivity index (χ3v) is 6.44. The van der Waals surface area contributed by atoms with Crippen LogP contribution in [0.15, 0.2) is 59.1 Å². The lowest BCUT2D eigenvalue weighted by Crippen LogP contribution is -2.47. The molecule has 0 unspecified atom stereocenters. The van der Waals surface area contributed by atoms with Crippen molar-refractivity contribution in [3.05, 3.63) is 70.3 Å². The molecule has 148 valence electrons. The summed E-state index contributed by atoms with van der Waals surface area (Å²) in [5.74, 6) is 1.43. The number of carbonyl (C=O) groups excluding carboxylic acids is 1. The second kappa shape index (κ2) is 8.22. The number of ether oxygens (including phenoxy) is 1. The van der Waals surface area contributed by atoms with Gasteiger partial charge in [-0.25, -0.2) is 0 Å². The molecular weight excluding hydrogens is 382 g/mol. The first-order valence-electron chi connectivity index (χ1n) is 9.72. The number of carbonyl (C=O) groups is 1. The van der Waals surface area contributed by atoms with E-state index in [1.54, 1.807) is 16.7 Å². The van der Waals surface area contributed by atoms with Crippen molar-refractivity contribution in [3.63, 3.8) is 0 Å². The lowest BCUT2D eigenvalue weighted by molar-refractivity contribution is -0.129. The van der Waals surface area contributed by atoms with Crippen molar-refractivity contribution in [1.29, 1.82) is 5.26 Å². The van der Waals surface area contributed by atoms with Crippen molar-refractivity contribution in [2.75, 3.05) is 24.1 Å². The Balaban J connectivity index is 1.59. The SMILES string of the molecule is CCOc1ccc(N2CSC3=C(C#N)[C@H](c4ccc(C)cc4)CC(=O)N3C2)cc1. The first kappa shape index (κ1) is 19.4. The van der Waals surface area contributed by atoms with Gasteiger partial charge in [-0.2, -0.15) is 5.26 Å². The lowest BCUT2D eigenvalue weighted by Gasteiger charge is -2.42. The maximum atomic E-state index is 13.0. The molecule has 2 aromatic carbocycles. The van der Waals surface area contributed by atoms with Crippen LogP contribution >= 0.6 is 11.8 Å². The number of allylic oxidation sites excluding steroid dienone is 1. The minimum Gasteiger partial charge on any atom is -0.494 e. The number of amides is 1. The van der Waals surface area contributed by atoms with Crippen molar-refractivity contribution < 1.29 is 9.53 Å². The molecule has 5 nitrogen and oxygen atoms in total. The van der Waals surface area contributed by atoms with Gasteiger partial charge in [0.2, 0.25) is 5.91 Å². The summed E-state index contributed by atoms with van der Waals surface area (Å²) in [4.78, 5) is 16.9. The van der Waals surface area contributed by atoms with Crippen LogP contribution in [0.5, 0.6) is 5.75 Å². The largest absolute Gasteiger partial charge is 0.494 e. The Hall–Kier alpha value is -2.91. The number of hydrogen-bond acceptors (Lipinski definition) is 5. The minimum atomic E-state index is -0.163. The van der Waals surface area contributed by atoms with E-state index in [0.29, 0.717) is 31.1 Å².